The highest BCUT2D eigenvalue weighted by Gasteiger charge is 2.31. The van der Waals surface area contributed by atoms with E-state index in [0.29, 0.717) is 19.0 Å². The number of carbonyl (C=O) groups excluding carboxylic acids is 1. The molecule has 2 unspecified atom stereocenters. The zero-order valence-electron chi connectivity index (χ0n) is 10.0. The molecule has 1 amide bonds. The van der Waals surface area contributed by atoms with Crippen molar-refractivity contribution in [2.45, 2.75) is 25.8 Å². The third-order valence-electron chi connectivity index (χ3n) is 3.53. The van der Waals surface area contributed by atoms with Gasteiger partial charge in [-0.2, -0.15) is 0 Å². The topological polar surface area (TPSA) is 72.9 Å². The SMILES string of the molecule is NCC1CCCC1C(=O)NCCn1ccnc1. The molecule has 1 fully saturated rings. The van der Waals surface area contributed by atoms with E-state index in [1.54, 1.807) is 12.5 Å². The summed E-state index contributed by atoms with van der Waals surface area (Å²) in [6.45, 7) is 2.05. The van der Waals surface area contributed by atoms with Crippen molar-refractivity contribution in [1.82, 2.24) is 14.9 Å². The highest BCUT2D eigenvalue weighted by Crippen LogP contribution is 2.30. The van der Waals surface area contributed by atoms with Gasteiger partial charge in [-0.25, -0.2) is 4.98 Å². The van der Waals surface area contributed by atoms with Crippen LogP contribution in [-0.4, -0.2) is 28.5 Å². The van der Waals surface area contributed by atoms with Gasteiger partial charge in [0.2, 0.25) is 5.91 Å². The summed E-state index contributed by atoms with van der Waals surface area (Å²) in [5.74, 6) is 0.670. The van der Waals surface area contributed by atoms with E-state index in [2.05, 4.69) is 10.3 Å². The number of hydrogen-bond acceptors (Lipinski definition) is 3. The van der Waals surface area contributed by atoms with Crippen LogP contribution in [0.15, 0.2) is 18.7 Å². The molecule has 0 spiro atoms. The van der Waals surface area contributed by atoms with Gasteiger partial charge in [-0.1, -0.05) is 6.42 Å². The van der Waals surface area contributed by atoms with E-state index in [4.69, 9.17) is 5.73 Å². The maximum atomic E-state index is 12.0. The van der Waals surface area contributed by atoms with Crippen molar-refractivity contribution >= 4 is 5.91 Å². The number of carbonyl (C=O) groups is 1. The number of nitrogens with zero attached hydrogens (tertiary/aromatic N) is 2. The molecule has 2 atom stereocenters. The van der Waals surface area contributed by atoms with Gasteiger partial charge >= 0.3 is 0 Å². The number of amides is 1. The summed E-state index contributed by atoms with van der Waals surface area (Å²) < 4.78 is 1.95. The van der Waals surface area contributed by atoms with Crippen LogP contribution >= 0.6 is 0 Å². The molecule has 2 rings (SSSR count). The fraction of sp³-hybridized carbons (Fsp3) is 0.667. The quantitative estimate of drug-likeness (QED) is 0.776. The van der Waals surface area contributed by atoms with Crippen molar-refractivity contribution in [2.75, 3.05) is 13.1 Å². The van der Waals surface area contributed by atoms with E-state index in [-0.39, 0.29) is 11.8 Å². The standard InChI is InChI=1S/C12H20N4O/c13-8-10-2-1-3-11(10)12(17)15-5-7-16-6-4-14-9-16/h4,6,9-11H,1-3,5,7-8,13H2,(H,15,17). The Labute approximate surface area is 101 Å². The predicted octanol–water partition coefficient (Wildman–Crippen LogP) is 0.374. The van der Waals surface area contributed by atoms with Gasteiger partial charge < -0.3 is 15.6 Å². The number of nitrogens with one attached hydrogen (secondary N) is 1. The lowest BCUT2D eigenvalue weighted by Crippen LogP contribution is -2.36. The first-order valence-electron chi connectivity index (χ1n) is 6.25. The molecule has 0 aromatic carbocycles. The molecule has 94 valence electrons. The predicted molar refractivity (Wildman–Crippen MR) is 65.1 cm³/mol. The van der Waals surface area contributed by atoms with E-state index in [0.717, 1.165) is 25.8 Å². The molecule has 1 saturated carbocycles. The van der Waals surface area contributed by atoms with Crippen LogP contribution in [-0.2, 0) is 11.3 Å². The molecule has 5 heteroatoms. The summed E-state index contributed by atoms with van der Waals surface area (Å²) in [5, 5.41) is 2.98. The smallest absolute Gasteiger partial charge is 0.223 e. The van der Waals surface area contributed by atoms with E-state index in [9.17, 15) is 4.79 Å². The summed E-state index contributed by atoms with van der Waals surface area (Å²) >= 11 is 0. The number of imidazole rings is 1. The Morgan fingerprint density at radius 2 is 2.41 bits per heavy atom. The maximum absolute atomic E-state index is 12.0. The summed E-state index contributed by atoms with van der Waals surface area (Å²) in [6, 6.07) is 0. The molecular weight excluding hydrogens is 216 g/mol. The largest absolute Gasteiger partial charge is 0.354 e. The van der Waals surface area contributed by atoms with E-state index < -0.39 is 0 Å². The molecule has 0 aliphatic heterocycles. The second-order valence-corrected chi connectivity index (χ2v) is 4.62. The van der Waals surface area contributed by atoms with Crippen molar-refractivity contribution in [1.29, 1.82) is 0 Å². The van der Waals surface area contributed by atoms with Crippen LogP contribution < -0.4 is 11.1 Å². The van der Waals surface area contributed by atoms with E-state index in [1.807, 2.05) is 10.8 Å². The number of nitrogens with two attached hydrogens (primary N) is 1. The van der Waals surface area contributed by atoms with Crippen molar-refractivity contribution in [3.8, 4) is 0 Å². The first-order chi connectivity index (χ1) is 8.31. The molecule has 3 N–H and O–H groups in total. The van der Waals surface area contributed by atoms with Crippen LogP contribution in [0.4, 0.5) is 0 Å². The van der Waals surface area contributed by atoms with Gasteiger partial charge in [0.1, 0.15) is 0 Å². The summed E-state index contributed by atoms with van der Waals surface area (Å²) in [4.78, 5) is 15.9. The van der Waals surface area contributed by atoms with Crippen molar-refractivity contribution in [3.63, 3.8) is 0 Å². The number of rotatable bonds is 5. The molecule has 1 aliphatic carbocycles. The Hall–Kier alpha value is -1.36. The Bertz CT molecular complexity index is 349. The lowest BCUT2D eigenvalue weighted by molar-refractivity contribution is -0.125. The zero-order chi connectivity index (χ0) is 12.1. The second kappa shape index (κ2) is 5.82. The highest BCUT2D eigenvalue weighted by molar-refractivity contribution is 5.79. The third-order valence-corrected chi connectivity index (χ3v) is 3.53. The zero-order valence-corrected chi connectivity index (χ0v) is 10.0. The molecule has 1 aromatic heterocycles. The van der Waals surface area contributed by atoms with Crippen molar-refractivity contribution < 1.29 is 4.79 Å². The van der Waals surface area contributed by atoms with Gasteiger partial charge in [0.15, 0.2) is 0 Å². The summed E-state index contributed by atoms with van der Waals surface area (Å²) in [6.07, 6.45) is 8.59. The second-order valence-electron chi connectivity index (χ2n) is 4.62. The molecule has 0 saturated heterocycles. The van der Waals surface area contributed by atoms with Crippen LogP contribution in [0.5, 0.6) is 0 Å². The Balaban J connectivity index is 1.73. The third kappa shape index (κ3) is 3.06. The lowest BCUT2D eigenvalue weighted by atomic mass is 9.95. The number of hydrogen-bond donors (Lipinski definition) is 2. The van der Waals surface area contributed by atoms with Crippen molar-refractivity contribution in [3.05, 3.63) is 18.7 Å². The van der Waals surface area contributed by atoms with E-state index in [1.165, 1.54) is 0 Å². The normalized spacial score (nSPS) is 23.8. The average Bonchev–Trinajstić information content (AvgIpc) is 2.99. The molecule has 17 heavy (non-hydrogen) atoms. The molecule has 5 nitrogen and oxygen atoms in total. The number of aromatic nitrogens is 2. The van der Waals surface area contributed by atoms with Crippen molar-refractivity contribution in [2.24, 2.45) is 17.6 Å². The van der Waals surface area contributed by atoms with Gasteiger partial charge in [0, 0.05) is 31.4 Å². The van der Waals surface area contributed by atoms with Crippen LogP contribution in [0.2, 0.25) is 0 Å². The molecule has 1 aliphatic rings. The van der Waals surface area contributed by atoms with Crippen LogP contribution in [0.3, 0.4) is 0 Å². The minimum atomic E-state index is 0.128. The minimum Gasteiger partial charge on any atom is -0.354 e. The first-order valence-corrected chi connectivity index (χ1v) is 6.25. The monoisotopic (exact) mass is 236 g/mol. The Morgan fingerprint density at radius 3 is 3.12 bits per heavy atom. The van der Waals surface area contributed by atoms with E-state index >= 15 is 0 Å². The van der Waals surface area contributed by atoms with Gasteiger partial charge in [-0.05, 0) is 25.3 Å². The molecule has 1 heterocycles. The van der Waals surface area contributed by atoms with Crippen LogP contribution in [0.25, 0.3) is 0 Å². The van der Waals surface area contributed by atoms with Gasteiger partial charge in [-0.15, -0.1) is 0 Å². The van der Waals surface area contributed by atoms with Crippen LogP contribution in [0.1, 0.15) is 19.3 Å². The highest BCUT2D eigenvalue weighted by atomic mass is 16.1. The Kier molecular flexibility index (Phi) is 4.14. The fourth-order valence-electron chi connectivity index (χ4n) is 2.52. The maximum Gasteiger partial charge on any atom is 0.223 e. The Morgan fingerprint density at radius 1 is 1.53 bits per heavy atom. The first kappa shape index (κ1) is 12.1. The fourth-order valence-corrected chi connectivity index (χ4v) is 2.52. The minimum absolute atomic E-state index is 0.128. The van der Waals surface area contributed by atoms with Gasteiger partial charge in [0.25, 0.3) is 0 Å². The molecule has 0 radical (unpaired) electrons. The van der Waals surface area contributed by atoms with Gasteiger partial charge in [0.05, 0.1) is 6.33 Å². The molecule has 1 aromatic rings. The summed E-state index contributed by atoms with van der Waals surface area (Å²) in [5.41, 5.74) is 5.68. The summed E-state index contributed by atoms with van der Waals surface area (Å²) in [7, 11) is 0. The van der Waals surface area contributed by atoms with Gasteiger partial charge in [-0.3, -0.25) is 4.79 Å². The lowest BCUT2D eigenvalue weighted by Gasteiger charge is -2.17. The molecule has 0 bridgehead atoms. The van der Waals surface area contributed by atoms with Crippen LogP contribution in [0, 0.1) is 11.8 Å². The average molecular weight is 236 g/mol. The molecular formula is C12H20N4O.